The lowest BCUT2D eigenvalue weighted by Gasteiger charge is -2.46. The molecule has 2 aliphatic rings. The molecule has 2 rings (SSSR count). The number of rotatable bonds is 2. The van der Waals surface area contributed by atoms with Crippen LogP contribution in [0.4, 0.5) is 0 Å². The Hall–Kier alpha value is -0.680. The number of nitrogens with two attached hydrogens (primary N) is 1. The molecule has 0 saturated carbocycles. The second-order valence-electron chi connectivity index (χ2n) is 5.65. The number of likely N-dealkylation sites (tertiary alicyclic amines) is 2. The smallest absolute Gasteiger partial charge is 0.232 e. The molecule has 3 atom stereocenters. The molecule has 0 bridgehead atoms. The number of carbonyl (C=O) groups excluding carboxylic acids is 1. The summed E-state index contributed by atoms with van der Waals surface area (Å²) in [6.07, 6.45) is 3.56. The van der Waals surface area contributed by atoms with E-state index >= 15 is 0 Å². The maximum atomic E-state index is 12.2. The number of amides is 1. The minimum Gasteiger partial charge on any atom is -0.393 e. The van der Waals surface area contributed by atoms with Gasteiger partial charge < -0.3 is 15.5 Å². The molecule has 3 unspecified atom stereocenters. The summed E-state index contributed by atoms with van der Waals surface area (Å²) in [6.45, 7) is 4.72. The van der Waals surface area contributed by atoms with E-state index in [4.69, 9.17) is 18.0 Å². The molecule has 2 heterocycles. The number of nitrogens with zero attached hydrogens (tertiary/aromatic N) is 2. The van der Waals surface area contributed by atoms with E-state index in [0.29, 0.717) is 16.9 Å². The maximum Gasteiger partial charge on any atom is 0.232 e. The van der Waals surface area contributed by atoms with E-state index in [-0.39, 0.29) is 11.8 Å². The van der Waals surface area contributed by atoms with Gasteiger partial charge in [0, 0.05) is 19.1 Å². The molecular weight excluding hydrogens is 246 g/mol. The summed E-state index contributed by atoms with van der Waals surface area (Å²) in [5, 5.41) is 0. The Kier molecular flexibility index (Phi) is 4.22. The first-order valence-electron chi connectivity index (χ1n) is 6.79. The minimum absolute atomic E-state index is 0.106. The van der Waals surface area contributed by atoms with E-state index in [1.807, 2.05) is 11.8 Å². The van der Waals surface area contributed by atoms with Gasteiger partial charge in [0.2, 0.25) is 5.91 Å². The van der Waals surface area contributed by atoms with Crippen molar-refractivity contribution in [3.8, 4) is 0 Å². The van der Waals surface area contributed by atoms with E-state index in [9.17, 15) is 4.79 Å². The van der Waals surface area contributed by atoms with Crippen molar-refractivity contribution in [3.63, 3.8) is 0 Å². The minimum atomic E-state index is -0.321. The normalized spacial score (nSPS) is 30.7. The van der Waals surface area contributed by atoms with Crippen molar-refractivity contribution in [1.82, 2.24) is 9.80 Å². The van der Waals surface area contributed by atoms with E-state index in [1.165, 1.54) is 19.4 Å². The van der Waals surface area contributed by atoms with Crippen molar-refractivity contribution in [1.29, 1.82) is 0 Å². The van der Waals surface area contributed by atoms with Crippen molar-refractivity contribution in [2.75, 3.05) is 26.7 Å². The Labute approximate surface area is 114 Å². The predicted molar refractivity (Wildman–Crippen MR) is 76.3 cm³/mol. The largest absolute Gasteiger partial charge is 0.393 e. The van der Waals surface area contributed by atoms with Crippen LogP contribution in [0.25, 0.3) is 0 Å². The van der Waals surface area contributed by atoms with E-state index in [2.05, 4.69) is 11.9 Å². The van der Waals surface area contributed by atoms with Gasteiger partial charge in [-0.1, -0.05) is 12.2 Å². The summed E-state index contributed by atoms with van der Waals surface area (Å²) >= 11 is 4.92. The molecule has 5 heteroatoms. The summed E-state index contributed by atoms with van der Waals surface area (Å²) < 4.78 is 0. The molecule has 18 heavy (non-hydrogen) atoms. The van der Waals surface area contributed by atoms with Gasteiger partial charge in [0.1, 0.15) is 0 Å². The Bertz CT molecular complexity index is 347. The topological polar surface area (TPSA) is 49.6 Å². The Morgan fingerprint density at radius 1 is 1.39 bits per heavy atom. The standard InChI is InChI=1S/C13H23N3OS/c1-9(12(14)18)13(17)16-7-5-11-10(8-16)4-3-6-15(11)2/h9-11H,3-8H2,1-2H3,(H2,14,18). The second-order valence-corrected chi connectivity index (χ2v) is 6.12. The van der Waals surface area contributed by atoms with Crippen LogP contribution in [0.1, 0.15) is 26.2 Å². The monoisotopic (exact) mass is 269 g/mol. The van der Waals surface area contributed by atoms with E-state index in [0.717, 1.165) is 19.5 Å². The molecule has 2 N–H and O–H groups in total. The Morgan fingerprint density at radius 2 is 2.11 bits per heavy atom. The van der Waals surface area contributed by atoms with Crippen LogP contribution in [0.3, 0.4) is 0 Å². The number of thiocarbonyl (C=S) groups is 1. The molecule has 0 aromatic carbocycles. The third-order valence-electron chi connectivity index (χ3n) is 4.45. The van der Waals surface area contributed by atoms with Gasteiger partial charge in [-0.15, -0.1) is 0 Å². The third kappa shape index (κ3) is 2.67. The third-order valence-corrected chi connectivity index (χ3v) is 4.81. The fourth-order valence-corrected chi connectivity index (χ4v) is 3.35. The maximum absolute atomic E-state index is 12.2. The summed E-state index contributed by atoms with van der Waals surface area (Å²) in [4.78, 5) is 17.0. The summed E-state index contributed by atoms with van der Waals surface area (Å²) in [5.74, 6) is 0.409. The number of hydrogen-bond acceptors (Lipinski definition) is 3. The molecule has 0 aromatic rings. The first kappa shape index (κ1) is 13.7. The molecule has 0 spiro atoms. The summed E-state index contributed by atoms with van der Waals surface area (Å²) in [6, 6.07) is 0.655. The lowest BCUT2D eigenvalue weighted by molar-refractivity contribution is -0.136. The van der Waals surface area contributed by atoms with Gasteiger partial charge in [-0.05, 0) is 45.7 Å². The van der Waals surface area contributed by atoms with Gasteiger partial charge in [0.15, 0.2) is 0 Å². The molecular formula is C13H23N3OS. The van der Waals surface area contributed by atoms with Crippen molar-refractivity contribution in [2.24, 2.45) is 17.6 Å². The van der Waals surface area contributed by atoms with Crippen LogP contribution >= 0.6 is 12.2 Å². The van der Waals surface area contributed by atoms with E-state index < -0.39 is 0 Å². The number of piperidine rings is 2. The molecule has 0 aliphatic carbocycles. The fraction of sp³-hybridized carbons (Fsp3) is 0.846. The van der Waals surface area contributed by atoms with Crippen LogP contribution in [-0.2, 0) is 4.79 Å². The van der Waals surface area contributed by atoms with Gasteiger partial charge in [0.05, 0.1) is 10.9 Å². The highest BCUT2D eigenvalue weighted by atomic mass is 32.1. The lowest BCUT2D eigenvalue weighted by atomic mass is 9.84. The Morgan fingerprint density at radius 3 is 2.78 bits per heavy atom. The van der Waals surface area contributed by atoms with Gasteiger partial charge >= 0.3 is 0 Å². The van der Waals surface area contributed by atoms with Crippen molar-refractivity contribution >= 4 is 23.1 Å². The van der Waals surface area contributed by atoms with Crippen LogP contribution in [-0.4, -0.2) is 53.4 Å². The second kappa shape index (κ2) is 5.53. The first-order chi connectivity index (χ1) is 8.50. The number of fused-ring (bicyclic) bond motifs is 1. The molecule has 102 valence electrons. The van der Waals surface area contributed by atoms with Gasteiger partial charge in [-0.25, -0.2) is 0 Å². The zero-order valence-corrected chi connectivity index (χ0v) is 12.1. The van der Waals surface area contributed by atoms with Crippen LogP contribution in [0, 0.1) is 11.8 Å². The number of carbonyl (C=O) groups is 1. The average Bonchev–Trinajstić information content (AvgIpc) is 2.36. The van der Waals surface area contributed by atoms with Crippen LogP contribution in [0.15, 0.2) is 0 Å². The highest BCUT2D eigenvalue weighted by molar-refractivity contribution is 7.80. The Balaban J connectivity index is 1.98. The van der Waals surface area contributed by atoms with Crippen molar-refractivity contribution in [3.05, 3.63) is 0 Å². The molecule has 0 aromatic heterocycles. The van der Waals surface area contributed by atoms with Gasteiger partial charge in [0.25, 0.3) is 0 Å². The molecule has 4 nitrogen and oxygen atoms in total. The molecule has 0 radical (unpaired) electrons. The quantitative estimate of drug-likeness (QED) is 0.755. The molecule has 2 fully saturated rings. The predicted octanol–water partition coefficient (Wildman–Crippen LogP) is 0.851. The van der Waals surface area contributed by atoms with Crippen LogP contribution in [0.2, 0.25) is 0 Å². The zero-order valence-electron chi connectivity index (χ0n) is 11.3. The fourth-order valence-electron chi connectivity index (χ4n) is 3.25. The molecule has 2 saturated heterocycles. The molecule has 2 aliphatic heterocycles. The van der Waals surface area contributed by atoms with E-state index in [1.54, 1.807) is 0 Å². The van der Waals surface area contributed by atoms with Crippen LogP contribution in [0.5, 0.6) is 0 Å². The average molecular weight is 269 g/mol. The highest BCUT2D eigenvalue weighted by Gasteiger charge is 2.36. The molecule has 1 amide bonds. The first-order valence-corrected chi connectivity index (χ1v) is 7.20. The SMILES string of the molecule is CC(C(=O)N1CCC2C(CCCN2C)C1)C(N)=S. The van der Waals surface area contributed by atoms with Crippen molar-refractivity contribution in [2.45, 2.75) is 32.2 Å². The lowest BCUT2D eigenvalue weighted by Crippen LogP contribution is -2.55. The number of hydrogen-bond donors (Lipinski definition) is 1. The van der Waals surface area contributed by atoms with Gasteiger partial charge in [-0.2, -0.15) is 0 Å². The van der Waals surface area contributed by atoms with Crippen molar-refractivity contribution < 1.29 is 4.79 Å². The zero-order chi connectivity index (χ0) is 13.3. The summed E-state index contributed by atoms with van der Waals surface area (Å²) in [7, 11) is 2.20. The summed E-state index contributed by atoms with van der Waals surface area (Å²) in [5.41, 5.74) is 5.57. The van der Waals surface area contributed by atoms with Crippen LogP contribution < -0.4 is 5.73 Å². The highest BCUT2D eigenvalue weighted by Crippen LogP contribution is 2.30. The van der Waals surface area contributed by atoms with Gasteiger partial charge in [-0.3, -0.25) is 4.79 Å².